The zero-order chi connectivity index (χ0) is 16.6. The summed E-state index contributed by atoms with van der Waals surface area (Å²) in [6.45, 7) is 9.11. The number of hydrogen-bond acceptors (Lipinski definition) is 4. The lowest BCUT2D eigenvalue weighted by Gasteiger charge is -2.34. The van der Waals surface area contributed by atoms with Crippen LogP contribution in [0.3, 0.4) is 0 Å². The molecule has 1 saturated heterocycles. The van der Waals surface area contributed by atoms with Crippen molar-refractivity contribution in [2.45, 2.75) is 52.2 Å². The van der Waals surface area contributed by atoms with Gasteiger partial charge in [0, 0.05) is 25.3 Å². The summed E-state index contributed by atoms with van der Waals surface area (Å²) in [4.78, 5) is 22.8. The van der Waals surface area contributed by atoms with Gasteiger partial charge in [-0.05, 0) is 52.7 Å². The predicted molar refractivity (Wildman–Crippen MR) is 88.3 cm³/mol. The van der Waals surface area contributed by atoms with Crippen molar-refractivity contribution in [3.63, 3.8) is 0 Å². The first kappa shape index (κ1) is 15.8. The standard InChI is InChI=1S/C17H24N4O2/c1-12-19-15-14(6-5-9-18-15)21(12)13-7-10-20(11-8-13)16(22)23-17(2,3)4/h5-6,9,13H,7-8,10-11H2,1-4H3. The second-order valence-electron chi connectivity index (χ2n) is 7.07. The highest BCUT2D eigenvalue weighted by Crippen LogP contribution is 2.28. The van der Waals surface area contributed by atoms with Crippen LogP contribution in [0.1, 0.15) is 45.5 Å². The minimum atomic E-state index is -0.448. The van der Waals surface area contributed by atoms with E-state index in [4.69, 9.17) is 4.74 Å². The van der Waals surface area contributed by atoms with Crippen LogP contribution in [-0.2, 0) is 4.74 Å². The van der Waals surface area contributed by atoms with E-state index in [9.17, 15) is 4.79 Å². The van der Waals surface area contributed by atoms with Crippen LogP contribution in [0, 0.1) is 6.92 Å². The largest absolute Gasteiger partial charge is 0.444 e. The number of hydrogen-bond donors (Lipinski definition) is 0. The molecule has 2 aromatic rings. The van der Waals surface area contributed by atoms with Crippen molar-refractivity contribution < 1.29 is 9.53 Å². The maximum absolute atomic E-state index is 12.2. The third-order valence-electron chi connectivity index (χ3n) is 4.12. The van der Waals surface area contributed by atoms with Crippen LogP contribution in [0.15, 0.2) is 18.3 Å². The average Bonchev–Trinajstić information content (AvgIpc) is 2.81. The first-order valence-electron chi connectivity index (χ1n) is 8.12. The first-order chi connectivity index (χ1) is 10.8. The van der Waals surface area contributed by atoms with Crippen molar-refractivity contribution in [3.8, 4) is 0 Å². The van der Waals surface area contributed by atoms with Gasteiger partial charge in [-0.2, -0.15) is 0 Å². The highest BCUT2D eigenvalue weighted by molar-refractivity contribution is 5.71. The zero-order valence-corrected chi connectivity index (χ0v) is 14.2. The van der Waals surface area contributed by atoms with Crippen molar-refractivity contribution in [1.29, 1.82) is 0 Å². The second-order valence-corrected chi connectivity index (χ2v) is 7.07. The van der Waals surface area contributed by atoms with Crippen LogP contribution in [0.5, 0.6) is 0 Å². The number of nitrogens with zero attached hydrogens (tertiary/aromatic N) is 4. The van der Waals surface area contributed by atoms with Crippen LogP contribution < -0.4 is 0 Å². The Labute approximate surface area is 136 Å². The molecule has 0 aliphatic carbocycles. The molecule has 0 atom stereocenters. The summed E-state index contributed by atoms with van der Waals surface area (Å²) in [7, 11) is 0. The molecule has 0 aromatic carbocycles. The summed E-state index contributed by atoms with van der Waals surface area (Å²) < 4.78 is 7.71. The van der Waals surface area contributed by atoms with Crippen LogP contribution in [0.2, 0.25) is 0 Å². The number of piperidine rings is 1. The molecule has 3 heterocycles. The van der Waals surface area contributed by atoms with Gasteiger partial charge >= 0.3 is 6.09 Å². The molecule has 124 valence electrons. The molecule has 0 spiro atoms. The number of pyridine rings is 1. The van der Waals surface area contributed by atoms with E-state index in [0.29, 0.717) is 19.1 Å². The topological polar surface area (TPSA) is 60.2 Å². The molecule has 0 unspecified atom stereocenters. The van der Waals surface area contributed by atoms with Crippen molar-refractivity contribution >= 4 is 17.3 Å². The SMILES string of the molecule is Cc1nc2ncccc2n1C1CCN(C(=O)OC(C)(C)C)CC1. The highest BCUT2D eigenvalue weighted by Gasteiger charge is 2.28. The quantitative estimate of drug-likeness (QED) is 0.810. The molecule has 1 aliphatic heterocycles. The number of ether oxygens (including phenoxy) is 1. The number of amides is 1. The van der Waals surface area contributed by atoms with Crippen molar-refractivity contribution in [2.75, 3.05) is 13.1 Å². The summed E-state index contributed by atoms with van der Waals surface area (Å²) in [5.74, 6) is 0.981. The molecule has 1 amide bonds. The Morgan fingerprint density at radius 2 is 2.00 bits per heavy atom. The Morgan fingerprint density at radius 1 is 1.30 bits per heavy atom. The molecular weight excluding hydrogens is 292 g/mol. The van der Waals surface area contributed by atoms with E-state index in [1.165, 1.54) is 0 Å². The van der Waals surface area contributed by atoms with E-state index in [1.54, 1.807) is 11.1 Å². The third kappa shape index (κ3) is 3.30. The van der Waals surface area contributed by atoms with Crippen molar-refractivity contribution in [3.05, 3.63) is 24.2 Å². The predicted octanol–water partition coefficient (Wildman–Crippen LogP) is 3.31. The fourth-order valence-electron chi connectivity index (χ4n) is 3.14. The summed E-state index contributed by atoms with van der Waals surface area (Å²) in [6.07, 6.45) is 3.36. The van der Waals surface area contributed by atoms with Crippen molar-refractivity contribution in [2.24, 2.45) is 0 Å². The summed E-state index contributed by atoms with van der Waals surface area (Å²) in [6, 6.07) is 4.35. The number of imidazole rings is 1. The average molecular weight is 316 g/mol. The Hall–Kier alpha value is -2.11. The van der Waals surface area contributed by atoms with E-state index < -0.39 is 5.60 Å². The van der Waals surface area contributed by atoms with Gasteiger partial charge in [0.2, 0.25) is 0 Å². The van der Waals surface area contributed by atoms with Gasteiger partial charge in [-0.3, -0.25) is 0 Å². The Bertz CT molecular complexity index is 709. The molecule has 0 radical (unpaired) electrons. The maximum atomic E-state index is 12.2. The molecule has 1 aliphatic rings. The molecule has 6 heteroatoms. The van der Waals surface area contributed by atoms with E-state index in [-0.39, 0.29) is 6.09 Å². The van der Waals surface area contributed by atoms with E-state index in [1.807, 2.05) is 33.8 Å². The Balaban J connectivity index is 1.71. The van der Waals surface area contributed by atoms with Gasteiger partial charge in [0.15, 0.2) is 5.65 Å². The smallest absolute Gasteiger partial charge is 0.410 e. The molecule has 0 N–H and O–H groups in total. The van der Waals surface area contributed by atoms with Gasteiger partial charge < -0.3 is 14.2 Å². The fraction of sp³-hybridized carbons (Fsp3) is 0.588. The highest BCUT2D eigenvalue weighted by atomic mass is 16.6. The first-order valence-corrected chi connectivity index (χ1v) is 8.12. The second kappa shape index (κ2) is 5.83. The maximum Gasteiger partial charge on any atom is 0.410 e. The molecule has 1 fully saturated rings. The fourth-order valence-corrected chi connectivity index (χ4v) is 3.14. The van der Waals surface area contributed by atoms with Crippen LogP contribution in [0.4, 0.5) is 4.79 Å². The number of rotatable bonds is 1. The number of carbonyl (C=O) groups excluding carboxylic acids is 1. The van der Waals surface area contributed by atoms with Gasteiger partial charge in [-0.1, -0.05) is 0 Å². The number of likely N-dealkylation sites (tertiary alicyclic amines) is 1. The van der Waals surface area contributed by atoms with Crippen LogP contribution in [-0.4, -0.2) is 44.2 Å². The van der Waals surface area contributed by atoms with Gasteiger partial charge in [0.1, 0.15) is 11.4 Å². The number of fused-ring (bicyclic) bond motifs is 1. The molecule has 0 saturated carbocycles. The normalized spacial score (nSPS) is 16.8. The lowest BCUT2D eigenvalue weighted by Crippen LogP contribution is -2.42. The lowest BCUT2D eigenvalue weighted by atomic mass is 10.0. The molecular formula is C17H24N4O2. The molecule has 3 rings (SSSR count). The molecule has 0 bridgehead atoms. The molecule has 2 aromatic heterocycles. The van der Waals surface area contributed by atoms with Gasteiger partial charge in [0.05, 0.1) is 5.52 Å². The van der Waals surface area contributed by atoms with Gasteiger partial charge in [-0.15, -0.1) is 0 Å². The minimum absolute atomic E-state index is 0.218. The van der Waals surface area contributed by atoms with Crippen LogP contribution in [0.25, 0.3) is 11.2 Å². The summed E-state index contributed by atoms with van der Waals surface area (Å²) >= 11 is 0. The molecule has 6 nitrogen and oxygen atoms in total. The Morgan fingerprint density at radius 3 is 2.65 bits per heavy atom. The van der Waals surface area contributed by atoms with Gasteiger partial charge in [-0.25, -0.2) is 14.8 Å². The summed E-state index contributed by atoms with van der Waals surface area (Å²) in [5, 5.41) is 0. The third-order valence-corrected chi connectivity index (χ3v) is 4.12. The van der Waals surface area contributed by atoms with E-state index in [0.717, 1.165) is 29.8 Å². The zero-order valence-electron chi connectivity index (χ0n) is 14.2. The van der Waals surface area contributed by atoms with Crippen molar-refractivity contribution in [1.82, 2.24) is 19.4 Å². The molecule has 23 heavy (non-hydrogen) atoms. The summed E-state index contributed by atoms with van der Waals surface area (Å²) in [5.41, 5.74) is 1.41. The lowest BCUT2D eigenvalue weighted by molar-refractivity contribution is 0.0189. The number of aryl methyl sites for hydroxylation is 1. The van der Waals surface area contributed by atoms with Crippen LogP contribution >= 0.6 is 0 Å². The van der Waals surface area contributed by atoms with E-state index in [2.05, 4.69) is 20.6 Å². The number of carbonyl (C=O) groups is 1. The number of aromatic nitrogens is 3. The minimum Gasteiger partial charge on any atom is -0.444 e. The monoisotopic (exact) mass is 316 g/mol. The van der Waals surface area contributed by atoms with Gasteiger partial charge in [0.25, 0.3) is 0 Å². The Kier molecular flexibility index (Phi) is 4.00. The van der Waals surface area contributed by atoms with E-state index >= 15 is 0 Å².